The van der Waals surface area contributed by atoms with Gasteiger partial charge in [0.05, 0.1) is 4.90 Å². The summed E-state index contributed by atoms with van der Waals surface area (Å²) in [6, 6.07) is 6.04. The Morgan fingerprint density at radius 3 is 2.46 bits per heavy atom. The van der Waals surface area contributed by atoms with Gasteiger partial charge in [0.2, 0.25) is 10.0 Å². The number of rotatable bonds is 6. The molecule has 0 aliphatic heterocycles. The summed E-state index contributed by atoms with van der Waals surface area (Å²) < 4.78 is 39.2. The molecule has 1 atom stereocenters. The zero-order chi connectivity index (χ0) is 19.5. The molecule has 26 heavy (non-hydrogen) atoms. The molecule has 1 unspecified atom stereocenters. The standard InChI is InChI=1S/C13H18N8O3S2/c1-18-25(22)9-4-3-8(7-2-5-10(14)19-6-7)11(13(15)20-21-16)12(9)26(17,23)24/h2-6,18,21H,16H2,1H3,(H2,14,19)(H2,15,20)(H2,17,23,24). The van der Waals surface area contributed by atoms with E-state index in [-0.39, 0.29) is 22.1 Å². The summed E-state index contributed by atoms with van der Waals surface area (Å²) in [4.78, 5) is 3.46. The highest BCUT2D eigenvalue weighted by molar-refractivity contribution is 7.90. The highest BCUT2D eigenvalue weighted by atomic mass is 32.2. The van der Waals surface area contributed by atoms with Crippen molar-refractivity contribution < 1.29 is 12.6 Å². The van der Waals surface area contributed by atoms with E-state index in [2.05, 4.69) is 14.8 Å². The third kappa shape index (κ3) is 3.97. The predicted octanol–water partition coefficient (Wildman–Crippen LogP) is -1.70. The average molecular weight is 398 g/mol. The van der Waals surface area contributed by atoms with Crippen LogP contribution in [-0.2, 0) is 21.0 Å². The highest BCUT2D eigenvalue weighted by Gasteiger charge is 2.27. The van der Waals surface area contributed by atoms with E-state index < -0.39 is 25.9 Å². The summed E-state index contributed by atoms with van der Waals surface area (Å²) in [5.74, 6) is 5.17. The second kappa shape index (κ2) is 7.76. The lowest BCUT2D eigenvalue weighted by molar-refractivity contribution is 0.594. The van der Waals surface area contributed by atoms with Crippen molar-refractivity contribution in [1.29, 1.82) is 0 Å². The van der Waals surface area contributed by atoms with Crippen LogP contribution in [-0.4, -0.2) is 30.5 Å². The summed E-state index contributed by atoms with van der Waals surface area (Å²) in [6.07, 6.45) is 1.43. The third-order valence-corrected chi connectivity index (χ3v) is 5.56. The molecular formula is C13H18N8O3S2. The van der Waals surface area contributed by atoms with E-state index in [1.807, 2.05) is 5.53 Å². The van der Waals surface area contributed by atoms with Gasteiger partial charge < -0.3 is 11.5 Å². The zero-order valence-corrected chi connectivity index (χ0v) is 15.3. The SMILES string of the molecule is CNS(=O)c1ccc(-c2ccc(N)nc2)c(/C(N)=N/NN)c1S(N)(=O)=O. The van der Waals surface area contributed by atoms with Crippen molar-refractivity contribution in [2.45, 2.75) is 9.79 Å². The number of nitrogens with two attached hydrogens (primary N) is 4. The maximum Gasteiger partial charge on any atom is 0.240 e. The lowest BCUT2D eigenvalue weighted by Crippen LogP contribution is -2.28. The Kier molecular flexibility index (Phi) is 5.89. The minimum atomic E-state index is -4.33. The number of hydrazone groups is 1. The molecule has 0 aliphatic rings. The van der Waals surface area contributed by atoms with Crippen LogP contribution in [0, 0.1) is 0 Å². The first kappa shape index (κ1) is 19.7. The van der Waals surface area contributed by atoms with E-state index in [1.165, 1.54) is 31.4 Å². The Labute approximate surface area is 152 Å². The molecular weight excluding hydrogens is 380 g/mol. The van der Waals surface area contributed by atoms with Gasteiger partial charge in [-0.25, -0.2) is 38.8 Å². The van der Waals surface area contributed by atoms with Crippen molar-refractivity contribution in [3.8, 4) is 11.1 Å². The fraction of sp³-hybridized carbons (Fsp3) is 0.0769. The Hall–Kier alpha value is -2.58. The van der Waals surface area contributed by atoms with Crippen LogP contribution in [0.5, 0.6) is 0 Å². The summed E-state index contributed by atoms with van der Waals surface area (Å²) in [5.41, 5.74) is 14.3. The van der Waals surface area contributed by atoms with Gasteiger partial charge in [-0.15, -0.1) is 5.10 Å². The van der Waals surface area contributed by atoms with E-state index >= 15 is 0 Å². The molecule has 0 aliphatic carbocycles. The molecule has 0 spiro atoms. The normalized spacial score (nSPS) is 13.4. The van der Waals surface area contributed by atoms with E-state index in [0.29, 0.717) is 11.1 Å². The number of primary sulfonamides is 1. The topological polar surface area (TPSA) is 205 Å². The second-order valence-electron chi connectivity index (χ2n) is 4.93. The van der Waals surface area contributed by atoms with Gasteiger partial charge in [0.25, 0.3) is 0 Å². The van der Waals surface area contributed by atoms with Crippen molar-refractivity contribution in [1.82, 2.24) is 15.2 Å². The van der Waals surface area contributed by atoms with Crippen LogP contribution in [0.3, 0.4) is 0 Å². The van der Waals surface area contributed by atoms with Crippen LogP contribution in [0.25, 0.3) is 11.1 Å². The van der Waals surface area contributed by atoms with E-state index in [9.17, 15) is 12.6 Å². The molecule has 140 valence electrons. The smallest absolute Gasteiger partial charge is 0.240 e. The second-order valence-corrected chi connectivity index (χ2v) is 7.81. The van der Waals surface area contributed by atoms with Crippen LogP contribution in [0.1, 0.15) is 5.56 Å². The number of hydrazine groups is 1. The van der Waals surface area contributed by atoms with Crippen molar-refractivity contribution in [3.05, 3.63) is 36.0 Å². The van der Waals surface area contributed by atoms with Gasteiger partial charge in [0, 0.05) is 17.3 Å². The number of anilines is 1. The third-order valence-electron chi connectivity index (χ3n) is 3.33. The molecule has 2 rings (SSSR count). The van der Waals surface area contributed by atoms with Crippen molar-refractivity contribution >= 4 is 32.7 Å². The molecule has 0 bridgehead atoms. The van der Waals surface area contributed by atoms with E-state index in [0.717, 1.165) is 0 Å². The lowest BCUT2D eigenvalue weighted by Gasteiger charge is -2.17. The minimum absolute atomic E-state index is 0.0573. The van der Waals surface area contributed by atoms with Crippen molar-refractivity contribution in [2.75, 3.05) is 12.8 Å². The first-order valence-corrected chi connectivity index (χ1v) is 9.70. The summed E-state index contributed by atoms with van der Waals surface area (Å²) in [5, 5.41) is 9.00. The number of benzene rings is 1. The molecule has 10 N–H and O–H groups in total. The van der Waals surface area contributed by atoms with Crippen LogP contribution in [0.2, 0.25) is 0 Å². The van der Waals surface area contributed by atoms with Gasteiger partial charge in [0.15, 0.2) is 5.84 Å². The summed E-state index contributed by atoms with van der Waals surface area (Å²) in [6.45, 7) is 0. The molecule has 2 aromatic rings. The van der Waals surface area contributed by atoms with Crippen molar-refractivity contribution in [2.24, 2.45) is 21.8 Å². The van der Waals surface area contributed by atoms with Gasteiger partial charge >= 0.3 is 0 Å². The number of amidine groups is 1. The Bertz CT molecular complexity index is 974. The van der Waals surface area contributed by atoms with Crippen LogP contribution < -0.4 is 32.7 Å². The van der Waals surface area contributed by atoms with Gasteiger partial charge in [-0.2, -0.15) is 0 Å². The largest absolute Gasteiger partial charge is 0.384 e. The first-order valence-electron chi connectivity index (χ1n) is 7.00. The molecule has 0 saturated carbocycles. The fourth-order valence-corrected chi connectivity index (χ4v) is 4.39. The number of nitrogen functional groups attached to an aromatic ring is 1. The zero-order valence-electron chi connectivity index (χ0n) is 13.6. The molecule has 0 radical (unpaired) electrons. The van der Waals surface area contributed by atoms with Crippen molar-refractivity contribution in [3.63, 3.8) is 0 Å². The molecule has 1 aromatic heterocycles. The Morgan fingerprint density at radius 1 is 1.27 bits per heavy atom. The fourth-order valence-electron chi connectivity index (χ4n) is 2.29. The maximum absolute atomic E-state index is 12.3. The maximum atomic E-state index is 12.3. The lowest BCUT2D eigenvalue weighted by atomic mass is 10.0. The molecule has 0 amide bonds. The predicted molar refractivity (Wildman–Crippen MR) is 99.0 cm³/mol. The number of aromatic nitrogens is 1. The molecule has 11 nitrogen and oxygen atoms in total. The number of nitrogens with zero attached hydrogens (tertiary/aromatic N) is 2. The number of nitrogens with one attached hydrogen (secondary N) is 2. The van der Waals surface area contributed by atoms with Crippen LogP contribution in [0.4, 0.5) is 5.82 Å². The monoisotopic (exact) mass is 398 g/mol. The molecule has 0 saturated heterocycles. The van der Waals surface area contributed by atoms with E-state index in [4.69, 9.17) is 22.4 Å². The quantitative estimate of drug-likeness (QED) is 0.143. The molecule has 13 heteroatoms. The molecule has 1 heterocycles. The Balaban J connectivity index is 2.96. The molecule has 1 aromatic carbocycles. The van der Waals surface area contributed by atoms with Gasteiger partial charge in [-0.1, -0.05) is 6.07 Å². The first-order chi connectivity index (χ1) is 12.2. The number of hydrogen-bond donors (Lipinski definition) is 6. The van der Waals surface area contributed by atoms with E-state index in [1.54, 1.807) is 6.07 Å². The number of pyridine rings is 1. The minimum Gasteiger partial charge on any atom is -0.384 e. The van der Waals surface area contributed by atoms with Crippen LogP contribution in [0.15, 0.2) is 45.4 Å². The van der Waals surface area contributed by atoms with Crippen LogP contribution >= 0.6 is 0 Å². The Morgan fingerprint density at radius 2 is 1.96 bits per heavy atom. The summed E-state index contributed by atoms with van der Waals surface area (Å²) >= 11 is 0. The average Bonchev–Trinajstić information content (AvgIpc) is 2.60. The summed E-state index contributed by atoms with van der Waals surface area (Å²) in [7, 11) is -4.78. The van der Waals surface area contributed by atoms with Gasteiger partial charge in [-0.05, 0) is 30.8 Å². The number of sulfonamides is 1. The molecule has 0 fully saturated rings. The number of hydrogen-bond acceptors (Lipinski definition) is 8. The highest BCUT2D eigenvalue weighted by Crippen LogP contribution is 2.32. The van der Waals surface area contributed by atoms with Gasteiger partial charge in [0.1, 0.15) is 21.7 Å². The van der Waals surface area contributed by atoms with Gasteiger partial charge in [-0.3, -0.25) is 0 Å².